The highest BCUT2D eigenvalue weighted by Crippen LogP contribution is 2.30. The minimum atomic E-state index is -0.300. The number of aryl methyl sites for hydroxylation is 1. The van der Waals surface area contributed by atoms with E-state index in [1.807, 2.05) is 6.92 Å². The van der Waals surface area contributed by atoms with E-state index >= 15 is 0 Å². The van der Waals surface area contributed by atoms with Crippen LogP contribution >= 0.6 is 23.2 Å². The minimum absolute atomic E-state index is 0.300. The average molecular weight is 310 g/mol. The van der Waals surface area contributed by atoms with Crippen molar-refractivity contribution in [3.8, 4) is 0 Å². The van der Waals surface area contributed by atoms with E-state index in [4.69, 9.17) is 23.2 Å². The quantitative estimate of drug-likeness (QED) is 0.901. The average Bonchev–Trinajstić information content (AvgIpc) is 2.43. The smallest absolute Gasteiger partial charge is 0.259 e. The number of halogens is 2. The van der Waals surface area contributed by atoms with Gasteiger partial charge in [0, 0.05) is 18.9 Å². The molecule has 0 aliphatic heterocycles. The molecule has 104 valence electrons. The first kappa shape index (κ1) is 14.6. The second-order valence-electron chi connectivity index (χ2n) is 4.18. The van der Waals surface area contributed by atoms with Crippen molar-refractivity contribution >= 4 is 40.5 Å². The van der Waals surface area contributed by atoms with Crippen molar-refractivity contribution in [1.29, 1.82) is 0 Å². The Kier molecular flexibility index (Phi) is 4.47. The van der Waals surface area contributed by atoms with Gasteiger partial charge in [0.1, 0.15) is 0 Å². The molecule has 0 bridgehead atoms. The number of nitrogens with one attached hydrogen (secondary N) is 2. The Morgan fingerprint density at radius 2 is 2.00 bits per heavy atom. The van der Waals surface area contributed by atoms with E-state index in [0.29, 0.717) is 27.0 Å². The summed E-state index contributed by atoms with van der Waals surface area (Å²) in [6.07, 6.45) is 1.52. The molecule has 20 heavy (non-hydrogen) atoms. The third-order valence-corrected chi connectivity index (χ3v) is 3.57. The molecule has 0 spiro atoms. The van der Waals surface area contributed by atoms with Crippen molar-refractivity contribution < 1.29 is 4.79 Å². The lowest BCUT2D eigenvalue weighted by Crippen LogP contribution is -2.15. The van der Waals surface area contributed by atoms with Crippen molar-refractivity contribution in [2.45, 2.75) is 6.92 Å². The topological polar surface area (TPSA) is 54.0 Å². The van der Waals surface area contributed by atoms with Gasteiger partial charge >= 0.3 is 0 Å². The van der Waals surface area contributed by atoms with Crippen LogP contribution in [0.4, 0.5) is 11.4 Å². The fourth-order valence-electron chi connectivity index (χ4n) is 1.74. The van der Waals surface area contributed by atoms with E-state index in [-0.39, 0.29) is 5.91 Å². The Hall–Kier alpha value is -1.78. The van der Waals surface area contributed by atoms with E-state index in [1.165, 1.54) is 6.20 Å². The molecule has 6 heteroatoms. The second kappa shape index (κ2) is 6.11. The maximum Gasteiger partial charge on any atom is 0.259 e. The van der Waals surface area contributed by atoms with Crippen LogP contribution in [-0.4, -0.2) is 17.9 Å². The van der Waals surface area contributed by atoms with Gasteiger partial charge in [-0.15, -0.1) is 0 Å². The predicted molar refractivity (Wildman–Crippen MR) is 82.9 cm³/mol. The zero-order chi connectivity index (χ0) is 14.7. The molecule has 0 saturated heterocycles. The summed E-state index contributed by atoms with van der Waals surface area (Å²) in [6.45, 7) is 1.86. The largest absolute Gasteiger partial charge is 0.387 e. The third-order valence-electron chi connectivity index (χ3n) is 2.75. The highest BCUT2D eigenvalue weighted by Gasteiger charge is 2.14. The van der Waals surface area contributed by atoms with Gasteiger partial charge in [0.25, 0.3) is 5.91 Å². The molecule has 1 aromatic heterocycles. The fourth-order valence-corrected chi connectivity index (χ4v) is 2.09. The Labute approximate surface area is 127 Å². The number of hydrogen-bond acceptors (Lipinski definition) is 3. The normalized spacial score (nSPS) is 10.2. The van der Waals surface area contributed by atoms with Crippen molar-refractivity contribution in [3.63, 3.8) is 0 Å². The van der Waals surface area contributed by atoms with E-state index in [0.717, 1.165) is 5.69 Å². The van der Waals surface area contributed by atoms with Crippen molar-refractivity contribution in [1.82, 2.24) is 4.98 Å². The van der Waals surface area contributed by atoms with Gasteiger partial charge in [0.15, 0.2) is 0 Å². The number of anilines is 2. The van der Waals surface area contributed by atoms with Gasteiger partial charge < -0.3 is 10.6 Å². The van der Waals surface area contributed by atoms with Gasteiger partial charge in [-0.25, -0.2) is 0 Å². The van der Waals surface area contributed by atoms with Gasteiger partial charge in [-0.3, -0.25) is 9.78 Å². The number of carbonyl (C=O) groups is 1. The molecule has 1 aromatic carbocycles. The molecule has 2 aromatic rings. The molecule has 0 fully saturated rings. The summed E-state index contributed by atoms with van der Waals surface area (Å²) in [4.78, 5) is 16.4. The first-order chi connectivity index (χ1) is 9.52. The van der Waals surface area contributed by atoms with Crippen LogP contribution in [0.25, 0.3) is 0 Å². The molecule has 0 atom stereocenters. The summed E-state index contributed by atoms with van der Waals surface area (Å²) in [6, 6.07) is 6.86. The first-order valence-electron chi connectivity index (χ1n) is 5.92. The molecule has 0 aliphatic rings. The van der Waals surface area contributed by atoms with Crippen LogP contribution in [-0.2, 0) is 0 Å². The highest BCUT2D eigenvalue weighted by molar-refractivity contribution is 6.44. The summed E-state index contributed by atoms with van der Waals surface area (Å²) in [7, 11) is 1.75. The van der Waals surface area contributed by atoms with Gasteiger partial charge in [0.2, 0.25) is 0 Å². The Balaban J connectivity index is 2.31. The van der Waals surface area contributed by atoms with Crippen molar-refractivity contribution in [3.05, 3.63) is 51.8 Å². The minimum Gasteiger partial charge on any atom is -0.387 e. The number of amides is 1. The molecular formula is C14H13Cl2N3O. The highest BCUT2D eigenvalue weighted by atomic mass is 35.5. The van der Waals surface area contributed by atoms with E-state index < -0.39 is 0 Å². The van der Waals surface area contributed by atoms with Crippen LogP contribution in [0, 0.1) is 6.92 Å². The van der Waals surface area contributed by atoms with Crippen molar-refractivity contribution in [2.75, 3.05) is 17.7 Å². The SMILES string of the molecule is CNc1cc(C)ncc1C(=O)Nc1cccc(Cl)c1Cl. The summed E-state index contributed by atoms with van der Waals surface area (Å²) in [5.74, 6) is -0.300. The second-order valence-corrected chi connectivity index (χ2v) is 4.96. The van der Waals surface area contributed by atoms with Gasteiger partial charge in [-0.1, -0.05) is 29.3 Å². The molecule has 2 N–H and O–H groups in total. The molecule has 0 unspecified atom stereocenters. The van der Waals surface area contributed by atoms with E-state index in [9.17, 15) is 4.79 Å². The van der Waals surface area contributed by atoms with E-state index in [2.05, 4.69) is 15.6 Å². The number of benzene rings is 1. The lowest BCUT2D eigenvalue weighted by Gasteiger charge is -2.11. The lowest BCUT2D eigenvalue weighted by atomic mass is 10.2. The maximum atomic E-state index is 12.3. The zero-order valence-electron chi connectivity index (χ0n) is 11.0. The molecule has 1 heterocycles. The number of nitrogens with zero attached hydrogens (tertiary/aromatic N) is 1. The Morgan fingerprint density at radius 1 is 1.25 bits per heavy atom. The predicted octanol–water partition coefficient (Wildman–Crippen LogP) is 3.99. The standard InChI is InChI=1S/C14H13Cl2N3O/c1-8-6-12(17-2)9(7-18-8)14(20)19-11-5-3-4-10(15)13(11)16/h3-7H,1-2H3,(H,17,18)(H,19,20). The molecule has 2 rings (SSSR count). The molecule has 4 nitrogen and oxygen atoms in total. The van der Waals surface area contributed by atoms with Gasteiger partial charge in [-0.2, -0.15) is 0 Å². The maximum absolute atomic E-state index is 12.3. The lowest BCUT2D eigenvalue weighted by molar-refractivity contribution is 0.102. The van der Waals surface area contributed by atoms with E-state index in [1.54, 1.807) is 31.3 Å². The summed E-state index contributed by atoms with van der Waals surface area (Å²) >= 11 is 12.0. The van der Waals surface area contributed by atoms with Crippen LogP contribution in [0.1, 0.15) is 16.1 Å². The molecule has 0 radical (unpaired) electrons. The fraction of sp³-hybridized carbons (Fsp3) is 0.143. The number of pyridine rings is 1. The first-order valence-corrected chi connectivity index (χ1v) is 6.68. The summed E-state index contributed by atoms with van der Waals surface area (Å²) in [5.41, 5.74) is 2.43. The summed E-state index contributed by atoms with van der Waals surface area (Å²) < 4.78 is 0. The monoisotopic (exact) mass is 309 g/mol. The molecular weight excluding hydrogens is 297 g/mol. The molecule has 1 amide bonds. The number of rotatable bonds is 3. The van der Waals surface area contributed by atoms with Crippen LogP contribution in [0.15, 0.2) is 30.5 Å². The Morgan fingerprint density at radius 3 is 2.70 bits per heavy atom. The van der Waals surface area contributed by atoms with Gasteiger partial charge in [0.05, 0.1) is 27.0 Å². The van der Waals surface area contributed by atoms with Crippen LogP contribution in [0.2, 0.25) is 10.0 Å². The summed E-state index contributed by atoms with van der Waals surface area (Å²) in [5, 5.41) is 6.40. The van der Waals surface area contributed by atoms with Crippen LogP contribution < -0.4 is 10.6 Å². The number of aromatic nitrogens is 1. The van der Waals surface area contributed by atoms with Crippen LogP contribution in [0.5, 0.6) is 0 Å². The Bertz CT molecular complexity index is 659. The molecule has 0 saturated carbocycles. The third kappa shape index (κ3) is 3.03. The van der Waals surface area contributed by atoms with Crippen LogP contribution in [0.3, 0.4) is 0 Å². The number of carbonyl (C=O) groups excluding carboxylic acids is 1. The van der Waals surface area contributed by atoms with Crippen molar-refractivity contribution in [2.24, 2.45) is 0 Å². The molecule has 0 aliphatic carbocycles. The van der Waals surface area contributed by atoms with Gasteiger partial charge in [-0.05, 0) is 25.1 Å². The number of hydrogen-bond donors (Lipinski definition) is 2. The zero-order valence-corrected chi connectivity index (χ0v) is 12.5.